The van der Waals surface area contributed by atoms with Gasteiger partial charge in [0.15, 0.2) is 0 Å². The fourth-order valence-electron chi connectivity index (χ4n) is 4.46. The van der Waals surface area contributed by atoms with Gasteiger partial charge in [-0.15, -0.1) is 0 Å². The maximum absolute atomic E-state index is 12.7. The van der Waals surface area contributed by atoms with E-state index in [4.69, 9.17) is 4.74 Å². The lowest BCUT2D eigenvalue weighted by atomic mass is 9.75. The molecule has 7 heteroatoms. The second-order valence-corrected chi connectivity index (χ2v) is 9.35. The Bertz CT molecular complexity index is 686. The predicted octanol–water partition coefficient (Wildman–Crippen LogP) is 2.12. The number of pyridine rings is 1. The Labute approximate surface area is 150 Å². The highest BCUT2D eigenvalue weighted by molar-refractivity contribution is 7.89. The second kappa shape index (κ2) is 7.21. The molecule has 0 amide bonds. The summed E-state index contributed by atoms with van der Waals surface area (Å²) < 4.78 is 32.1. The molecule has 0 bridgehead atoms. The average Bonchev–Trinajstić information content (AvgIpc) is 2.68. The van der Waals surface area contributed by atoms with Gasteiger partial charge in [0.1, 0.15) is 10.7 Å². The number of fused-ring (bicyclic) bond motifs is 1. The van der Waals surface area contributed by atoms with E-state index in [1.54, 1.807) is 6.07 Å². The zero-order valence-electron chi connectivity index (χ0n) is 14.6. The van der Waals surface area contributed by atoms with Crippen LogP contribution in [-0.2, 0) is 14.8 Å². The summed E-state index contributed by atoms with van der Waals surface area (Å²) in [6, 6.07) is 3.58. The molecule has 0 N–H and O–H groups in total. The van der Waals surface area contributed by atoms with Crippen LogP contribution in [0.2, 0.25) is 0 Å². The zero-order chi connectivity index (χ0) is 17.3. The van der Waals surface area contributed by atoms with Crippen molar-refractivity contribution in [2.45, 2.75) is 37.0 Å². The standard InChI is InChI=1S/C18H27N3O3S/c22-25(23,21-9-11-24-12-10-21)17-5-6-18(19-13-17)20-8-7-15-3-1-2-4-16(15)14-20/h5-6,13,15-16H,1-4,7-12,14H2. The molecule has 3 fully saturated rings. The summed E-state index contributed by atoms with van der Waals surface area (Å²) in [7, 11) is -3.46. The highest BCUT2D eigenvalue weighted by Gasteiger charge is 2.32. The molecule has 1 aliphatic carbocycles. The summed E-state index contributed by atoms with van der Waals surface area (Å²) >= 11 is 0. The molecule has 3 heterocycles. The van der Waals surface area contributed by atoms with E-state index in [1.807, 2.05) is 6.07 Å². The van der Waals surface area contributed by atoms with Crippen LogP contribution in [0.25, 0.3) is 0 Å². The molecular weight excluding hydrogens is 338 g/mol. The summed E-state index contributed by atoms with van der Waals surface area (Å²) in [4.78, 5) is 7.10. The SMILES string of the molecule is O=S(=O)(c1ccc(N2CCC3CCCCC3C2)nc1)N1CCOCC1. The van der Waals surface area contributed by atoms with Crippen molar-refractivity contribution in [2.75, 3.05) is 44.3 Å². The number of piperidine rings is 1. The number of anilines is 1. The van der Waals surface area contributed by atoms with Gasteiger partial charge >= 0.3 is 0 Å². The summed E-state index contributed by atoms with van der Waals surface area (Å²) in [6.07, 6.45) is 8.19. The minimum Gasteiger partial charge on any atom is -0.379 e. The molecule has 2 saturated heterocycles. The predicted molar refractivity (Wildman–Crippen MR) is 96.1 cm³/mol. The lowest BCUT2D eigenvalue weighted by Crippen LogP contribution is -2.42. The van der Waals surface area contributed by atoms with Gasteiger partial charge in [-0.05, 0) is 36.8 Å². The Morgan fingerprint density at radius 1 is 1.00 bits per heavy atom. The number of nitrogens with zero attached hydrogens (tertiary/aromatic N) is 3. The summed E-state index contributed by atoms with van der Waals surface area (Å²) in [5, 5.41) is 0. The molecular formula is C18H27N3O3S. The Morgan fingerprint density at radius 3 is 2.48 bits per heavy atom. The van der Waals surface area contributed by atoms with Crippen LogP contribution in [0.5, 0.6) is 0 Å². The monoisotopic (exact) mass is 365 g/mol. The number of ether oxygens (including phenoxy) is 1. The first kappa shape index (κ1) is 17.2. The lowest BCUT2D eigenvalue weighted by Gasteiger charge is -2.41. The van der Waals surface area contributed by atoms with Gasteiger partial charge in [-0.3, -0.25) is 0 Å². The van der Waals surface area contributed by atoms with Gasteiger partial charge in [0.05, 0.1) is 13.2 Å². The van der Waals surface area contributed by atoms with Crippen LogP contribution < -0.4 is 4.90 Å². The molecule has 0 radical (unpaired) electrons. The first-order valence-corrected chi connectivity index (χ1v) is 10.9. The molecule has 1 aromatic rings. The van der Waals surface area contributed by atoms with E-state index in [-0.39, 0.29) is 4.90 Å². The number of morpholine rings is 1. The van der Waals surface area contributed by atoms with Gasteiger partial charge in [-0.2, -0.15) is 4.31 Å². The van der Waals surface area contributed by atoms with Gasteiger partial charge < -0.3 is 9.64 Å². The van der Waals surface area contributed by atoms with Crippen LogP contribution in [0.4, 0.5) is 5.82 Å². The molecule has 25 heavy (non-hydrogen) atoms. The van der Waals surface area contributed by atoms with E-state index >= 15 is 0 Å². The van der Waals surface area contributed by atoms with Crippen molar-refractivity contribution < 1.29 is 13.2 Å². The second-order valence-electron chi connectivity index (χ2n) is 7.41. The largest absolute Gasteiger partial charge is 0.379 e. The summed E-state index contributed by atoms with van der Waals surface area (Å²) in [5.74, 6) is 2.57. The fourth-order valence-corrected chi connectivity index (χ4v) is 5.81. The average molecular weight is 365 g/mol. The maximum Gasteiger partial charge on any atom is 0.244 e. The number of aromatic nitrogens is 1. The van der Waals surface area contributed by atoms with Gasteiger partial charge in [-0.1, -0.05) is 19.3 Å². The minimum absolute atomic E-state index is 0.283. The number of rotatable bonds is 3. The van der Waals surface area contributed by atoms with E-state index in [1.165, 1.54) is 42.6 Å². The Morgan fingerprint density at radius 2 is 1.76 bits per heavy atom. The summed E-state index contributed by atoms with van der Waals surface area (Å²) in [5.41, 5.74) is 0. The quantitative estimate of drug-likeness (QED) is 0.821. The van der Waals surface area contributed by atoms with E-state index in [9.17, 15) is 8.42 Å². The molecule has 4 rings (SSSR count). The molecule has 1 aromatic heterocycles. The zero-order valence-corrected chi connectivity index (χ0v) is 15.5. The van der Waals surface area contributed by atoms with Gasteiger partial charge in [-0.25, -0.2) is 13.4 Å². The van der Waals surface area contributed by atoms with Crippen molar-refractivity contribution in [1.29, 1.82) is 0 Å². The molecule has 2 aliphatic heterocycles. The molecule has 6 nitrogen and oxygen atoms in total. The van der Waals surface area contributed by atoms with Crippen LogP contribution in [0.3, 0.4) is 0 Å². The van der Waals surface area contributed by atoms with Crippen molar-refractivity contribution in [3.8, 4) is 0 Å². The highest BCUT2D eigenvalue weighted by atomic mass is 32.2. The third kappa shape index (κ3) is 3.55. The normalized spacial score (nSPS) is 28.6. The van der Waals surface area contributed by atoms with Crippen molar-refractivity contribution in [3.05, 3.63) is 18.3 Å². The number of hydrogen-bond acceptors (Lipinski definition) is 5. The maximum atomic E-state index is 12.7. The van der Waals surface area contributed by atoms with Crippen LogP contribution in [-0.4, -0.2) is 57.1 Å². The van der Waals surface area contributed by atoms with Gasteiger partial charge in [0.25, 0.3) is 0 Å². The van der Waals surface area contributed by atoms with E-state index in [2.05, 4.69) is 9.88 Å². The summed E-state index contributed by atoms with van der Waals surface area (Å²) in [6.45, 7) is 3.84. The van der Waals surface area contributed by atoms with Crippen molar-refractivity contribution in [2.24, 2.45) is 11.8 Å². The smallest absolute Gasteiger partial charge is 0.244 e. The first-order valence-electron chi connectivity index (χ1n) is 9.43. The van der Waals surface area contributed by atoms with Crippen LogP contribution in [0, 0.1) is 11.8 Å². The third-order valence-electron chi connectivity index (χ3n) is 5.94. The molecule has 0 aromatic carbocycles. The lowest BCUT2D eigenvalue weighted by molar-refractivity contribution is 0.0730. The first-order chi connectivity index (χ1) is 12.1. The van der Waals surface area contributed by atoms with Crippen LogP contribution >= 0.6 is 0 Å². The molecule has 0 spiro atoms. The van der Waals surface area contributed by atoms with Crippen LogP contribution in [0.1, 0.15) is 32.1 Å². The molecule has 2 atom stereocenters. The number of sulfonamides is 1. The molecule has 138 valence electrons. The van der Waals surface area contributed by atoms with E-state index in [0.717, 1.165) is 30.7 Å². The Kier molecular flexibility index (Phi) is 4.97. The number of hydrogen-bond donors (Lipinski definition) is 0. The highest BCUT2D eigenvalue weighted by Crippen LogP contribution is 2.37. The Balaban J connectivity index is 1.46. The molecule has 2 unspecified atom stereocenters. The van der Waals surface area contributed by atoms with Crippen molar-refractivity contribution in [3.63, 3.8) is 0 Å². The Hall–Kier alpha value is -1.18. The van der Waals surface area contributed by atoms with Crippen molar-refractivity contribution >= 4 is 15.8 Å². The molecule has 3 aliphatic rings. The van der Waals surface area contributed by atoms with E-state index < -0.39 is 10.0 Å². The van der Waals surface area contributed by atoms with Gasteiger partial charge in [0, 0.05) is 32.4 Å². The van der Waals surface area contributed by atoms with Crippen molar-refractivity contribution in [1.82, 2.24) is 9.29 Å². The fraction of sp³-hybridized carbons (Fsp3) is 0.722. The van der Waals surface area contributed by atoms with Crippen LogP contribution in [0.15, 0.2) is 23.2 Å². The molecule has 1 saturated carbocycles. The van der Waals surface area contributed by atoms with E-state index in [0.29, 0.717) is 26.3 Å². The topological polar surface area (TPSA) is 62.7 Å². The minimum atomic E-state index is -3.46. The van der Waals surface area contributed by atoms with Gasteiger partial charge in [0.2, 0.25) is 10.0 Å². The third-order valence-corrected chi connectivity index (χ3v) is 7.83.